The van der Waals surface area contributed by atoms with Crippen LogP contribution in [-0.2, 0) is 22.0 Å². The summed E-state index contributed by atoms with van der Waals surface area (Å²) in [6.07, 6.45) is 2.13. The fourth-order valence-corrected chi connectivity index (χ4v) is 4.98. The number of carboxylic acid groups (broad SMARTS) is 1. The summed E-state index contributed by atoms with van der Waals surface area (Å²) in [6.45, 7) is 6.12. The Hall–Kier alpha value is -4.39. The van der Waals surface area contributed by atoms with Crippen molar-refractivity contribution in [3.63, 3.8) is 0 Å². The normalized spacial score (nSPS) is 14.9. The monoisotopic (exact) mass is 523 g/mol. The Labute approximate surface area is 228 Å². The first-order valence-electron chi connectivity index (χ1n) is 13.1. The predicted octanol–water partition coefficient (Wildman–Crippen LogP) is 7.21. The summed E-state index contributed by atoms with van der Waals surface area (Å²) in [5, 5.41) is 16.8. The molecule has 0 saturated heterocycles. The highest BCUT2D eigenvalue weighted by molar-refractivity contribution is 5.90. The van der Waals surface area contributed by atoms with Crippen LogP contribution in [0.25, 0.3) is 22.3 Å². The second-order valence-electron chi connectivity index (χ2n) is 11.3. The van der Waals surface area contributed by atoms with Crippen molar-refractivity contribution in [3.8, 4) is 22.3 Å². The molecule has 1 atom stereocenters. The van der Waals surface area contributed by atoms with E-state index in [2.05, 4.69) is 10.4 Å². The van der Waals surface area contributed by atoms with E-state index in [4.69, 9.17) is 4.74 Å². The standard InChI is InChI=1S/C32H33N3O4/c1-31(2,3)27(24-8-6-5-7-9-24)39-30(38)34-28-26(20-33-35(28)4)23-12-10-21(11-13-23)22-14-16-25(17-15-22)32(18-19-32)29(36)37/h5-17,20,27H,18-19H2,1-4H3,(H,34,38)(H,36,37). The summed E-state index contributed by atoms with van der Waals surface area (Å²) in [7, 11) is 1.78. The molecule has 1 aliphatic carbocycles. The summed E-state index contributed by atoms with van der Waals surface area (Å²) < 4.78 is 7.54. The lowest BCUT2D eigenvalue weighted by Gasteiger charge is -2.30. The van der Waals surface area contributed by atoms with Crippen LogP contribution in [0.4, 0.5) is 10.6 Å². The summed E-state index contributed by atoms with van der Waals surface area (Å²) in [4.78, 5) is 24.7. The molecule has 7 heteroatoms. The third-order valence-corrected chi connectivity index (χ3v) is 7.40. The Morgan fingerprint density at radius 3 is 2.03 bits per heavy atom. The molecule has 200 valence electrons. The van der Waals surface area contributed by atoms with Crippen LogP contribution < -0.4 is 5.32 Å². The second-order valence-corrected chi connectivity index (χ2v) is 11.3. The van der Waals surface area contributed by atoms with Gasteiger partial charge in [-0.15, -0.1) is 0 Å². The number of nitrogens with zero attached hydrogens (tertiary/aromatic N) is 2. The largest absolute Gasteiger partial charge is 0.481 e. The minimum Gasteiger partial charge on any atom is -0.481 e. The molecule has 3 aromatic carbocycles. The molecule has 1 aliphatic rings. The van der Waals surface area contributed by atoms with Gasteiger partial charge in [0, 0.05) is 18.0 Å². The van der Waals surface area contributed by atoms with Gasteiger partial charge in [0.15, 0.2) is 0 Å². The van der Waals surface area contributed by atoms with Gasteiger partial charge in [-0.1, -0.05) is 99.6 Å². The van der Waals surface area contributed by atoms with E-state index in [-0.39, 0.29) is 5.41 Å². The van der Waals surface area contributed by atoms with Crippen LogP contribution in [0.5, 0.6) is 0 Å². The molecular formula is C32H33N3O4. The maximum atomic E-state index is 13.0. The lowest BCUT2D eigenvalue weighted by atomic mass is 9.84. The van der Waals surface area contributed by atoms with Crippen LogP contribution in [0.1, 0.15) is 50.8 Å². The molecule has 7 nitrogen and oxygen atoms in total. The van der Waals surface area contributed by atoms with Crippen molar-refractivity contribution in [3.05, 3.63) is 96.2 Å². The first kappa shape index (κ1) is 26.2. The molecule has 4 aromatic rings. The number of rotatable bonds is 7. The van der Waals surface area contributed by atoms with Crippen LogP contribution in [0.3, 0.4) is 0 Å². The van der Waals surface area contributed by atoms with Gasteiger partial charge >= 0.3 is 12.1 Å². The highest BCUT2D eigenvalue weighted by Crippen LogP contribution is 2.48. The molecule has 0 aliphatic heterocycles. The molecule has 1 unspecified atom stereocenters. The first-order valence-corrected chi connectivity index (χ1v) is 13.1. The topological polar surface area (TPSA) is 93.5 Å². The highest BCUT2D eigenvalue weighted by Gasteiger charge is 2.51. The van der Waals surface area contributed by atoms with Crippen molar-refractivity contribution in [2.24, 2.45) is 12.5 Å². The molecule has 1 saturated carbocycles. The van der Waals surface area contributed by atoms with E-state index >= 15 is 0 Å². The number of aryl methyl sites for hydroxylation is 1. The van der Waals surface area contributed by atoms with Gasteiger partial charge in [-0.05, 0) is 40.7 Å². The van der Waals surface area contributed by atoms with Crippen molar-refractivity contribution >= 4 is 17.9 Å². The maximum Gasteiger partial charge on any atom is 0.413 e. The third kappa shape index (κ3) is 5.30. The number of anilines is 1. The Balaban J connectivity index is 1.33. The van der Waals surface area contributed by atoms with Gasteiger partial charge in [-0.3, -0.25) is 14.8 Å². The number of benzene rings is 3. The van der Waals surface area contributed by atoms with Gasteiger partial charge in [0.25, 0.3) is 0 Å². The molecular weight excluding hydrogens is 490 g/mol. The average Bonchev–Trinajstić information content (AvgIpc) is 3.67. The number of aromatic nitrogens is 2. The molecule has 2 N–H and O–H groups in total. The van der Waals surface area contributed by atoms with Crippen LogP contribution in [0.15, 0.2) is 85.1 Å². The molecule has 0 bridgehead atoms. The Kier molecular flexibility index (Phi) is 6.76. The Morgan fingerprint density at radius 1 is 0.923 bits per heavy atom. The number of nitrogens with one attached hydrogen (secondary N) is 1. The molecule has 0 spiro atoms. The summed E-state index contributed by atoms with van der Waals surface area (Å²) in [6, 6.07) is 25.5. The lowest BCUT2D eigenvalue weighted by molar-refractivity contribution is -0.140. The van der Waals surface area contributed by atoms with Crippen LogP contribution in [0.2, 0.25) is 0 Å². The fraction of sp³-hybridized carbons (Fsp3) is 0.281. The number of carbonyl (C=O) groups excluding carboxylic acids is 1. The minimum atomic E-state index is -0.752. The zero-order chi connectivity index (χ0) is 27.8. The summed E-state index contributed by atoms with van der Waals surface area (Å²) in [5.41, 5.74) is 4.49. The van der Waals surface area contributed by atoms with E-state index in [0.717, 1.165) is 33.4 Å². The molecule has 1 aromatic heterocycles. The zero-order valence-corrected chi connectivity index (χ0v) is 22.6. The number of carbonyl (C=O) groups is 2. The smallest absolute Gasteiger partial charge is 0.413 e. The van der Waals surface area contributed by atoms with E-state index in [0.29, 0.717) is 18.7 Å². The van der Waals surface area contributed by atoms with Crippen molar-refractivity contribution in [1.82, 2.24) is 9.78 Å². The Morgan fingerprint density at radius 2 is 1.49 bits per heavy atom. The third-order valence-electron chi connectivity index (χ3n) is 7.40. The lowest BCUT2D eigenvalue weighted by Crippen LogP contribution is -2.27. The number of amides is 1. The predicted molar refractivity (Wildman–Crippen MR) is 151 cm³/mol. The zero-order valence-electron chi connectivity index (χ0n) is 22.6. The van der Waals surface area contributed by atoms with Gasteiger partial charge in [0.2, 0.25) is 0 Å². The second kappa shape index (κ2) is 10.1. The molecule has 0 radical (unpaired) electrons. The molecule has 5 rings (SSSR count). The van der Waals surface area contributed by atoms with Crippen molar-refractivity contribution in [1.29, 1.82) is 0 Å². The van der Waals surface area contributed by atoms with Gasteiger partial charge in [-0.25, -0.2) is 4.79 Å². The van der Waals surface area contributed by atoms with E-state index in [1.54, 1.807) is 17.9 Å². The SMILES string of the molecule is Cn1ncc(-c2ccc(-c3ccc(C4(C(=O)O)CC4)cc3)cc2)c1NC(=O)OC(c1ccccc1)C(C)(C)C. The molecule has 1 amide bonds. The Bertz CT molecular complexity index is 1480. The van der Waals surface area contributed by atoms with Gasteiger partial charge < -0.3 is 9.84 Å². The number of aliphatic carboxylic acids is 1. The van der Waals surface area contributed by atoms with Crippen molar-refractivity contribution in [2.45, 2.75) is 45.1 Å². The van der Waals surface area contributed by atoms with E-state index in [9.17, 15) is 14.7 Å². The highest BCUT2D eigenvalue weighted by atomic mass is 16.6. The minimum absolute atomic E-state index is 0.297. The number of hydrogen-bond donors (Lipinski definition) is 2. The van der Waals surface area contributed by atoms with Gasteiger partial charge in [-0.2, -0.15) is 5.10 Å². The van der Waals surface area contributed by atoms with Gasteiger partial charge in [0.1, 0.15) is 11.9 Å². The number of carboxylic acids is 1. The van der Waals surface area contributed by atoms with Crippen molar-refractivity contribution in [2.75, 3.05) is 5.32 Å². The quantitative estimate of drug-likeness (QED) is 0.267. The van der Waals surface area contributed by atoms with Crippen LogP contribution in [-0.4, -0.2) is 26.9 Å². The van der Waals surface area contributed by atoms with Crippen molar-refractivity contribution < 1.29 is 19.4 Å². The maximum absolute atomic E-state index is 13.0. The first-order chi connectivity index (χ1) is 18.6. The van der Waals surface area contributed by atoms with E-state index in [1.807, 2.05) is 99.6 Å². The molecule has 1 heterocycles. The summed E-state index contributed by atoms with van der Waals surface area (Å²) in [5.74, 6) is -0.209. The average molecular weight is 524 g/mol. The summed E-state index contributed by atoms with van der Waals surface area (Å²) >= 11 is 0. The van der Waals surface area contributed by atoms with Crippen LogP contribution >= 0.6 is 0 Å². The molecule has 1 fully saturated rings. The van der Waals surface area contributed by atoms with Gasteiger partial charge in [0.05, 0.1) is 11.6 Å². The number of ether oxygens (including phenoxy) is 1. The van der Waals surface area contributed by atoms with E-state index in [1.165, 1.54) is 0 Å². The number of hydrogen-bond acceptors (Lipinski definition) is 4. The molecule has 39 heavy (non-hydrogen) atoms. The van der Waals surface area contributed by atoms with E-state index < -0.39 is 23.6 Å². The fourth-order valence-electron chi connectivity index (χ4n) is 4.98. The van der Waals surface area contributed by atoms with Crippen LogP contribution in [0, 0.1) is 5.41 Å².